The lowest BCUT2D eigenvalue weighted by Crippen LogP contribution is -2.39. The van der Waals surface area contributed by atoms with E-state index >= 15 is 0 Å². The van der Waals surface area contributed by atoms with Crippen molar-refractivity contribution in [3.63, 3.8) is 0 Å². The first-order chi connectivity index (χ1) is 21.8. The van der Waals surface area contributed by atoms with Crippen LogP contribution in [0.4, 0.5) is 10.3 Å². The van der Waals surface area contributed by atoms with Crippen LogP contribution < -0.4 is 5.32 Å². The predicted octanol–water partition coefficient (Wildman–Crippen LogP) is 7.12. The lowest BCUT2D eigenvalue weighted by atomic mass is 9.93. The predicted molar refractivity (Wildman–Crippen MR) is 177 cm³/mol. The number of rotatable bonds is 9. The van der Waals surface area contributed by atoms with Crippen molar-refractivity contribution in [2.45, 2.75) is 72.6 Å². The van der Waals surface area contributed by atoms with Crippen molar-refractivity contribution in [1.29, 1.82) is 5.26 Å². The number of halogens is 1. The summed E-state index contributed by atoms with van der Waals surface area (Å²) in [5.74, 6) is -0.660. The van der Waals surface area contributed by atoms with Gasteiger partial charge < -0.3 is 14.6 Å². The summed E-state index contributed by atoms with van der Waals surface area (Å²) in [5, 5.41) is 23.6. The standard InChI is InChI=1S/C35H39FN6O3S/c1-21(2)15-28(43)22-8-9-27-26(16-22)39-34(40-32(44)30-11-10-29(46-30)23-12-13-38-31(36)17-23)42(27)20-25-7-6-14-41(25)33(45)24(19-37)18-35(3,4)5/h8-13,16-18,21,25,28,43H,6-7,14-15,20H2,1-5H3,(H,39,40,44)/b24-18+/t25-,28?/m1/s1. The molecule has 4 heterocycles. The molecule has 1 aliphatic rings. The van der Waals surface area contributed by atoms with Crippen molar-refractivity contribution < 1.29 is 19.1 Å². The minimum absolute atomic E-state index is 0.120. The van der Waals surface area contributed by atoms with Crippen LogP contribution in [-0.2, 0) is 11.3 Å². The molecule has 1 fully saturated rings. The van der Waals surface area contributed by atoms with E-state index in [-0.39, 0.29) is 28.8 Å². The Kier molecular flexibility index (Phi) is 9.70. The van der Waals surface area contributed by atoms with Crippen LogP contribution in [-0.4, -0.2) is 48.9 Å². The highest BCUT2D eigenvalue weighted by atomic mass is 32.1. The normalized spacial score (nSPS) is 16.2. The van der Waals surface area contributed by atoms with Crippen molar-refractivity contribution in [1.82, 2.24) is 19.4 Å². The van der Waals surface area contributed by atoms with Crippen molar-refractivity contribution in [2.75, 3.05) is 11.9 Å². The Morgan fingerprint density at radius 3 is 2.70 bits per heavy atom. The third kappa shape index (κ3) is 7.52. The maximum absolute atomic E-state index is 13.7. The third-order valence-electron chi connectivity index (χ3n) is 7.88. The Morgan fingerprint density at radius 2 is 2.00 bits per heavy atom. The van der Waals surface area contributed by atoms with E-state index in [1.807, 2.05) is 57.4 Å². The largest absolute Gasteiger partial charge is 0.388 e. The highest BCUT2D eigenvalue weighted by molar-refractivity contribution is 7.17. The molecule has 0 aliphatic carbocycles. The molecule has 11 heteroatoms. The van der Waals surface area contributed by atoms with E-state index in [9.17, 15) is 24.3 Å². The second kappa shape index (κ2) is 13.5. The van der Waals surface area contributed by atoms with Crippen molar-refractivity contribution in [3.8, 4) is 16.5 Å². The molecule has 3 aromatic heterocycles. The number of thiophene rings is 1. The van der Waals surface area contributed by atoms with Crippen LogP contribution in [0.3, 0.4) is 0 Å². The zero-order valence-electron chi connectivity index (χ0n) is 26.7. The number of aliphatic hydroxyl groups excluding tert-OH is 1. The van der Waals surface area contributed by atoms with Crippen LogP contribution in [0.25, 0.3) is 21.5 Å². The van der Waals surface area contributed by atoms with Gasteiger partial charge in [0.05, 0.1) is 28.1 Å². The Bertz CT molecular complexity index is 1830. The molecule has 1 aromatic carbocycles. The minimum Gasteiger partial charge on any atom is -0.388 e. The fourth-order valence-electron chi connectivity index (χ4n) is 5.78. The van der Waals surface area contributed by atoms with Crippen LogP contribution >= 0.6 is 11.3 Å². The molecule has 1 unspecified atom stereocenters. The highest BCUT2D eigenvalue weighted by Gasteiger charge is 2.33. The van der Waals surface area contributed by atoms with Gasteiger partial charge in [0.15, 0.2) is 0 Å². The van der Waals surface area contributed by atoms with Crippen LogP contribution in [0.5, 0.6) is 0 Å². The maximum Gasteiger partial charge on any atom is 0.268 e. The summed E-state index contributed by atoms with van der Waals surface area (Å²) in [4.78, 5) is 38.4. The van der Waals surface area contributed by atoms with Crippen LogP contribution in [0, 0.1) is 28.6 Å². The van der Waals surface area contributed by atoms with Gasteiger partial charge in [-0.3, -0.25) is 14.9 Å². The van der Waals surface area contributed by atoms with E-state index < -0.39 is 12.1 Å². The molecule has 2 N–H and O–H groups in total. The molecular formula is C35H39FN6O3S. The Morgan fingerprint density at radius 1 is 1.22 bits per heavy atom. The van der Waals surface area contributed by atoms with E-state index in [1.165, 1.54) is 23.6 Å². The number of imidazole rings is 1. The number of fused-ring (bicyclic) bond motifs is 1. The number of carbonyl (C=O) groups excluding carboxylic acids is 2. The number of hydrogen-bond donors (Lipinski definition) is 2. The van der Waals surface area contributed by atoms with E-state index in [0.717, 1.165) is 28.8 Å². The van der Waals surface area contributed by atoms with Crippen molar-refractivity contribution in [3.05, 3.63) is 76.7 Å². The number of nitriles is 1. The van der Waals surface area contributed by atoms with E-state index in [2.05, 4.69) is 16.4 Å². The monoisotopic (exact) mass is 642 g/mol. The van der Waals surface area contributed by atoms with Gasteiger partial charge in [-0.1, -0.05) is 46.8 Å². The van der Waals surface area contributed by atoms with E-state index in [1.54, 1.807) is 29.2 Å². The number of anilines is 1. The molecular weight excluding hydrogens is 603 g/mol. The van der Waals surface area contributed by atoms with Crippen LogP contribution in [0.1, 0.15) is 75.2 Å². The summed E-state index contributed by atoms with van der Waals surface area (Å²) >= 11 is 1.23. The smallest absolute Gasteiger partial charge is 0.268 e. The number of amides is 2. The van der Waals surface area contributed by atoms with Gasteiger partial charge in [-0.2, -0.15) is 9.65 Å². The summed E-state index contributed by atoms with van der Waals surface area (Å²) in [6, 6.07) is 13.9. The number of nitrogens with one attached hydrogen (secondary N) is 1. The lowest BCUT2D eigenvalue weighted by molar-refractivity contribution is -0.127. The Labute approximate surface area is 272 Å². The number of allylic oxidation sites excluding steroid dienone is 1. The van der Waals surface area contributed by atoms with Gasteiger partial charge in [-0.15, -0.1) is 11.3 Å². The topological polar surface area (TPSA) is 124 Å². The van der Waals surface area contributed by atoms with Gasteiger partial charge in [0, 0.05) is 30.2 Å². The van der Waals surface area contributed by atoms with E-state index in [0.29, 0.717) is 47.3 Å². The van der Waals surface area contributed by atoms with Crippen LogP contribution in [0.15, 0.2) is 60.3 Å². The molecule has 240 valence electrons. The zero-order valence-corrected chi connectivity index (χ0v) is 27.6. The molecule has 1 aliphatic heterocycles. The second-order valence-electron chi connectivity index (χ2n) is 13.3. The molecule has 4 aromatic rings. The van der Waals surface area contributed by atoms with Gasteiger partial charge in [0.1, 0.15) is 11.6 Å². The zero-order chi connectivity index (χ0) is 33.2. The first-order valence-electron chi connectivity index (χ1n) is 15.5. The molecule has 46 heavy (non-hydrogen) atoms. The first-order valence-corrected chi connectivity index (χ1v) is 16.3. The maximum atomic E-state index is 13.7. The molecule has 9 nitrogen and oxygen atoms in total. The van der Waals surface area contributed by atoms with Crippen molar-refractivity contribution in [2.24, 2.45) is 11.3 Å². The number of aliphatic hydroxyl groups is 1. The summed E-state index contributed by atoms with van der Waals surface area (Å²) in [7, 11) is 0. The number of pyridine rings is 1. The molecule has 5 rings (SSSR count). The molecule has 1 saturated heterocycles. The fourth-order valence-corrected chi connectivity index (χ4v) is 6.68. The Hall–Kier alpha value is -4.40. The third-order valence-corrected chi connectivity index (χ3v) is 9.01. The average molecular weight is 643 g/mol. The lowest BCUT2D eigenvalue weighted by Gasteiger charge is -2.26. The van der Waals surface area contributed by atoms with Crippen molar-refractivity contribution >= 4 is 40.1 Å². The molecule has 0 saturated carbocycles. The van der Waals surface area contributed by atoms with Gasteiger partial charge >= 0.3 is 0 Å². The summed E-state index contributed by atoms with van der Waals surface area (Å²) in [5.41, 5.74) is 2.50. The minimum atomic E-state index is -0.655. The summed E-state index contributed by atoms with van der Waals surface area (Å²) in [6.07, 6.45) is 4.56. The SMILES string of the molecule is CC(C)CC(O)c1ccc2c(c1)nc(NC(=O)c1ccc(-c3ccnc(F)c3)s1)n2C[C@H]1CCCN1C(=O)/C(C#N)=C/C(C)(C)C. The van der Waals surface area contributed by atoms with Crippen LogP contribution in [0.2, 0.25) is 0 Å². The van der Waals surface area contributed by atoms with Gasteiger partial charge in [-0.05, 0) is 72.1 Å². The summed E-state index contributed by atoms with van der Waals surface area (Å²) < 4.78 is 15.6. The number of benzene rings is 1. The average Bonchev–Trinajstić information content (AvgIpc) is 3.74. The quantitative estimate of drug-likeness (QED) is 0.114. The van der Waals surface area contributed by atoms with Gasteiger partial charge in [0.2, 0.25) is 11.9 Å². The fraction of sp³-hybridized carbons (Fsp3) is 0.400. The number of nitrogens with zero attached hydrogens (tertiary/aromatic N) is 5. The summed E-state index contributed by atoms with van der Waals surface area (Å²) in [6.45, 7) is 10.8. The molecule has 0 bridgehead atoms. The first kappa shape index (κ1) is 33.0. The Balaban J connectivity index is 1.48. The molecule has 2 atom stereocenters. The van der Waals surface area contributed by atoms with Gasteiger partial charge in [0.25, 0.3) is 11.8 Å². The molecule has 2 amide bonds. The molecule has 0 radical (unpaired) electrons. The number of aromatic nitrogens is 3. The van der Waals surface area contributed by atoms with Gasteiger partial charge in [-0.25, -0.2) is 9.97 Å². The number of hydrogen-bond acceptors (Lipinski definition) is 7. The number of carbonyl (C=O) groups is 2. The molecule has 0 spiro atoms. The van der Waals surface area contributed by atoms with E-state index in [4.69, 9.17) is 4.98 Å². The number of likely N-dealkylation sites (tertiary alicyclic amines) is 1. The second-order valence-corrected chi connectivity index (χ2v) is 14.3. The highest BCUT2D eigenvalue weighted by Crippen LogP contribution is 2.32.